The molecule has 0 atom stereocenters. The van der Waals surface area contributed by atoms with E-state index in [4.69, 9.17) is 4.74 Å². The number of ether oxygens (including phenoxy) is 1. The zero-order valence-electron chi connectivity index (χ0n) is 14.3. The number of nitro groups is 1. The van der Waals surface area contributed by atoms with Gasteiger partial charge in [-0.05, 0) is 37.5 Å². The second-order valence-electron chi connectivity index (χ2n) is 5.94. The number of carbonyl (C=O) groups excluding carboxylic acids is 2. The molecule has 1 aliphatic heterocycles. The van der Waals surface area contributed by atoms with Crippen LogP contribution in [-0.2, 0) is 11.2 Å². The summed E-state index contributed by atoms with van der Waals surface area (Å²) >= 11 is 0. The highest BCUT2D eigenvalue weighted by molar-refractivity contribution is 6.08. The Balaban J connectivity index is 2.02. The summed E-state index contributed by atoms with van der Waals surface area (Å²) in [4.78, 5) is 37.2. The molecule has 0 unspecified atom stereocenters. The summed E-state index contributed by atoms with van der Waals surface area (Å²) in [5.74, 6) is -1.06. The molecule has 0 aromatic heterocycles. The van der Waals surface area contributed by atoms with Crippen LogP contribution in [0.2, 0.25) is 0 Å². The van der Waals surface area contributed by atoms with Crippen molar-refractivity contribution >= 4 is 23.3 Å². The topological polar surface area (TPSA) is 89.8 Å². The SMILES string of the molecule is CCOC(=O)c1cc(C(=O)N2CCCc3ccccc32)cc([N+](=O)[O-])c1. The Kier molecular flexibility index (Phi) is 4.97. The molecule has 1 amide bonds. The minimum atomic E-state index is -0.690. The van der Waals surface area contributed by atoms with Gasteiger partial charge < -0.3 is 9.64 Å². The average molecular weight is 354 g/mol. The number of rotatable bonds is 4. The summed E-state index contributed by atoms with van der Waals surface area (Å²) in [5.41, 5.74) is 1.63. The first kappa shape index (κ1) is 17.6. The van der Waals surface area contributed by atoms with Crippen LogP contribution in [0.3, 0.4) is 0 Å². The van der Waals surface area contributed by atoms with Crippen molar-refractivity contribution in [2.45, 2.75) is 19.8 Å². The maximum atomic E-state index is 13.0. The molecule has 0 saturated heterocycles. The van der Waals surface area contributed by atoms with E-state index in [0.29, 0.717) is 6.54 Å². The zero-order chi connectivity index (χ0) is 18.7. The Labute approximate surface area is 150 Å². The number of nitro benzene ring substituents is 1. The third kappa shape index (κ3) is 3.42. The Morgan fingerprint density at radius 2 is 1.92 bits per heavy atom. The predicted octanol–water partition coefficient (Wildman–Crippen LogP) is 3.36. The molecular weight excluding hydrogens is 336 g/mol. The molecule has 134 valence electrons. The summed E-state index contributed by atoms with van der Waals surface area (Å²) < 4.78 is 4.91. The van der Waals surface area contributed by atoms with E-state index in [-0.39, 0.29) is 29.3 Å². The van der Waals surface area contributed by atoms with Crippen molar-refractivity contribution in [2.75, 3.05) is 18.1 Å². The molecule has 7 heteroatoms. The van der Waals surface area contributed by atoms with Crippen LogP contribution in [0.15, 0.2) is 42.5 Å². The number of anilines is 1. The number of carbonyl (C=O) groups is 2. The summed E-state index contributed by atoms with van der Waals surface area (Å²) in [6, 6.07) is 11.3. The van der Waals surface area contributed by atoms with E-state index in [1.807, 2.05) is 24.3 Å². The van der Waals surface area contributed by atoms with Crippen LogP contribution in [0.25, 0.3) is 0 Å². The second kappa shape index (κ2) is 7.35. The summed E-state index contributed by atoms with van der Waals surface area (Å²) in [6.07, 6.45) is 1.69. The number of hydrogen-bond donors (Lipinski definition) is 0. The molecular formula is C19H18N2O5. The van der Waals surface area contributed by atoms with Crippen LogP contribution >= 0.6 is 0 Å². The highest BCUT2D eigenvalue weighted by Crippen LogP contribution is 2.29. The van der Waals surface area contributed by atoms with Crippen molar-refractivity contribution < 1.29 is 19.2 Å². The first-order chi connectivity index (χ1) is 12.5. The maximum absolute atomic E-state index is 13.0. The quantitative estimate of drug-likeness (QED) is 0.477. The van der Waals surface area contributed by atoms with Gasteiger partial charge in [0.05, 0.1) is 17.1 Å². The van der Waals surface area contributed by atoms with Crippen LogP contribution in [-0.4, -0.2) is 30.0 Å². The van der Waals surface area contributed by atoms with Crippen LogP contribution in [0.1, 0.15) is 39.6 Å². The number of hydrogen-bond acceptors (Lipinski definition) is 5. The fraction of sp³-hybridized carbons (Fsp3) is 0.263. The van der Waals surface area contributed by atoms with Gasteiger partial charge in [0.2, 0.25) is 0 Å². The van der Waals surface area contributed by atoms with Gasteiger partial charge in [0.1, 0.15) is 0 Å². The van der Waals surface area contributed by atoms with E-state index in [2.05, 4.69) is 0 Å². The van der Waals surface area contributed by atoms with E-state index < -0.39 is 10.9 Å². The van der Waals surface area contributed by atoms with Crippen molar-refractivity contribution in [3.05, 3.63) is 69.3 Å². The highest BCUT2D eigenvalue weighted by atomic mass is 16.6. The molecule has 7 nitrogen and oxygen atoms in total. The van der Waals surface area contributed by atoms with E-state index >= 15 is 0 Å². The van der Waals surface area contributed by atoms with Crippen LogP contribution in [0, 0.1) is 10.1 Å². The summed E-state index contributed by atoms with van der Waals surface area (Å²) in [6.45, 7) is 2.31. The summed E-state index contributed by atoms with van der Waals surface area (Å²) in [5, 5.41) is 11.2. The average Bonchev–Trinajstić information content (AvgIpc) is 2.66. The second-order valence-corrected chi connectivity index (χ2v) is 5.94. The zero-order valence-corrected chi connectivity index (χ0v) is 14.3. The maximum Gasteiger partial charge on any atom is 0.338 e. The number of esters is 1. The predicted molar refractivity (Wildman–Crippen MR) is 95.5 cm³/mol. The lowest BCUT2D eigenvalue weighted by Crippen LogP contribution is -2.35. The first-order valence-electron chi connectivity index (χ1n) is 8.37. The van der Waals surface area contributed by atoms with Crippen LogP contribution < -0.4 is 4.90 Å². The van der Waals surface area contributed by atoms with Crippen LogP contribution in [0.4, 0.5) is 11.4 Å². The number of amides is 1. The number of non-ortho nitro benzene ring substituents is 1. The largest absolute Gasteiger partial charge is 0.462 e. The standard InChI is InChI=1S/C19H18N2O5/c1-2-26-19(23)15-10-14(11-16(12-15)21(24)25)18(22)20-9-5-7-13-6-3-4-8-17(13)20/h3-4,6,8,10-12H,2,5,7,9H2,1H3. The van der Waals surface area contributed by atoms with E-state index in [0.717, 1.165) is 30.2 Å². The van der Waals surface area contributed by atoms with E-state index in [9.17, 15) is 19.7 Å². The lowest BCUT2D eigenvalue weighted by molar-refractivity contribution is -0.384. The molecule has 26 heavy (non-hydrogen) atoms. The molecule has 0 bridgehead atoms. The molecule has 0 fully saturated rings. The Morgan fingerprint density at radius 1 is 1.19 bits per heavy atom. The fourth-order valence-corrected chi connectivity index (χ4v) is 3.07. The lowest BCUT2D eigenvalue weighted by Gasteiger charge is -2.29. The first-order valence-corrected chi connectivity index (χ1v) is 8.37. The van der Waals surface area contributed by atoms with Gasteiger partial charge in [0.15, 0.2) is 0 Å². The molecule has 1 heterocycles. The monoisotopic (exact) mass is 354 g/mol. The molecule has 0 radical (unpaired) electrons. The molecule has 2 aromatic rings. The molecule has 0 saturated carbocycles. The minimum absolute atomic E-state index is 0.00491. The van der Waals surface area contributed by atoms with Gasteiger partial charge in [-0.15, -0.1) is 0 Å². The number of nitrogens with zero attached hydrogens (tertiary/aromatic N) is 2. The Hall–Kier alpha value is -3.22. The molecule has 1 aliphatic rings. The minimum Gasteiger partial charge on any atom is -0.462 e. The lowest BCUT2D eigenvalue weighted by atomic mass is 10.00. The van der Waals surface area contributed by atoms with Crippen molar-refractivity contribution in [1.29, 1.82) is 0 Å². The molecule has 2 aromatic carbocycles. The van der Waals surface area contributed by atoms with Crippen LogP contribution in [0.5, 0.6) is 0 Å². The van der Waals surface area contributed by atoms with Gasteiger partial charge in [-0.1, -0.05) is 18.2 Å². The van der Waals surface area contributed by atoms with Crippen molar-refractivity contribution in [1.82, 2.24) is 0 Å². The Morgan fingerprint density at radius 3 is 2.65 bits per heavy atom. The van der Waals surface area contributed by atoms with E-state index in [1.165, 1.54) is 12.1 Å². The molecule has 0 aliphatic carbocycles. The van der Waals surface area contributed by atoms with E-state index in [1.54, 1.807) is 11.8 Å². The van der Waals surface area contributed by atoms with Gasteiger partial charge >= 0.3 is 5.97 Å². The Bertz CT molecular complexity index is 878. The normalized spacial score (nSPS) is 13.0. The van der Waals surface area contributed by atoms with Crippen molar-refractivity contribution in [3.63, 3.8) is 0 Å². The number of aryl methyl sites for hydroxylation is 1. The van der Waals surface area contributed by atoms with Gasteiger partial charge in [0, 0.05) is 29.9 Å². The smallest absolute Gasteiger partial charge is 0.338 e. The van der Waals surface area contributed by atoms with Gasteiger partial charge in [-0.2, -0.15) is 0 Å². The fourth-order valence-electron chi connectivity index (χ4n) is 3.07. The number of fused-ring (bicyclic) bond motifs is 1. The number of benzene rings is 2. The number of para-hydroxylation sites is 1. The van der Waals surface area contributed by atoms with Gasteiger partial charge in [0.25, 0.3) is 11.6 Å². The van der Waals surface area contributed by atoms with Gasteiger partial charge in [-0.3, -0.25) is 14.9 Å². The summed E-state index contributed by atoms with van der Waals surface area (Å²) in [7, 11) is 0. The third-order valence-electron chi connectivity index (χ3n) is 4.24. The third-order valence-corrected chi connectivity index (χ3v) is 4.24. The molecule has 3 rings (SSSR count). The van der Waals surface area contributed by atoms with Crippen molar-refractivity contribution in [2.24, 2.45) is 0 Å². The van der Waals surface area contributed by atoms with Gasteiger partial charge in [-0.25, -0.2) is 4.79 Å². The molecule has 0 spiro atoms. The highest BCUT2D eigenvalue weighted by Gasteiger charge is 2.26. The van der Waals surface area contributed by atoms with Crippen molar-refractivity contribution in [3.8, 4) is 0 Å². The molecule has 0 N–H and O–H groups in total.